The van der Waals surface area contributed by atoms with Gasteiger partial charge in [0, 0.05) is 29.2 Å². The summed E-state index contributed by atoms with van der Waals surface area (Å²) in [6, 6.07) is 10.5. The molecular weight excluding hydrogens is 230 g/mol. The minimum Gasteiger partial charge on any atom is -0.396 e. The van der Waals surface area contributed by atoms with Crippen LogP contribution in [0.1, 0.15) is 18.9 Å². The van der Waals surface area contributed by atoms with Crippen LogP contribution in [0.5, 0.6) is 0 Å². The third-order valence-electron chi connectivity index (χ3n) is 2.74. The SMILES string of the molecule is CC(CCO)SCc1ccc2ncccc2c1. The Labute approximate surface area is 106 Å². The largest absolute Gasteiger partial charge is 0.396 e. The molecule has 17 heavy (non-hydrogen) atoms. The van der Waals surface area contributed by atoms with Gasteiger partial charge in [0.05, 0.1) is 5.52 Å². The molecule has 1 heterocycles. The predicted molar refractivity (Wildman–Crippen MR) is 74.2 cm³/mol. The predicted octanol–water partition coefficient (Wildman–Crippen LogP) is 3.24. The van der Waals surface area contributed by atoms with Crippen LogP contribution >= 0.6 is 11.8 Å². The van der Waals surface area contributed by atoms with Crippen molar-refractivity contribution in [3.05, 3.63) is 42.1 Å². The van der Waals surface area contributed by atoms with Gasteiger partial charge in [-0.1, -0.05) is 19.1 Å². The minimum absolute atomic E-state index is 0.274. The van der Waals surface area contributed by atoms with E-state index in [-0.39, 0.29) is 6.61 Å². The van der Waals surface area contributed by atoms with E-state index in [1.165, 1.54) is 10.9 Å². The molecule has 1 N–H and O–H groups in total. The van der Waals surface area contributed by atoms with Gasteiger partial charge in [0.15, 0.2) is 0 Å². The van der Waals surface area contributed by atoms with Crippen molar-refractivity contribution in [2.24, 2.45) is 0 Å². The van der Waals surface area contributed by atoms with E-state index in [4.69, 9.17) is 5.11 Å². The zero-order chi connectivity index (χ0) is 12.1. The lowest BCUT2D eigenvalue weighted by atomic mass is 10.1. The van der Waals surface area contributed by atoms with E-state index >= 15 is 0 Å². The zero-order valence-electron chi connectivity index (χ0n) is 9.97. The first-order valence-corrected chi connectivity index (χ1v) is 6.90. The Morgan fingerprint density at radius 3 is 3.06 bits per heavy atom. The highest BCUT2D eigenvalue weighted by Crippen LogP contribution is 2.22. The Bertz CT molecular complexity index is 486. The molecule has 1 aromatic carbocycles. The second-order valence-electron chi connectivity index (χ2n) is 4.16. The molecule has 2 nitrogen and oxygen atoms in total. The summed E-state index contributed by atoms with van der Waals surface area (Å²) < 4.78 is 0. The van der Waals surface area contributed by atoms with Gasteiger partial charge in [-0.15, -0.1) is 0 Å². The fraction of sp³-hybridized carbons (Fsp3) is 0.357. The molecule has 3 heteroatoms. The molecule has 0 fully saturated rings. The average Bonchev–Trinajstić information content (AvgIpc) is 2.36. The van der Waals surface area contributed by atoms with Crippen molar-refractivity contribution in [2.45, 2.75) is 24.3 Å². The van der Waals surface area contributed by atoms with E-state index in [1.54, 1.807) is 0 Å². The Morgan fingerprint density at radius 1 is 1.35 bits per heavy atom. The number of benzene rings is 1. The lowest BCUT2D eigenvalue weighted by Gasteiger charge is -2.09. The van der Waals surface area contributed by atoms with Crippen molar-refractivity contribution in [1.29, 1.82) is 0 Å². The second-order valence-corrected chi connectivity index (χ2v) is 5.59. The van der Waals surface area contributed by atoms with E-state index in [2.05, 4.69) is 36.2 Å². The maximum Gasteiger partial charge on any atom is 0.0702 e. The number of nitrogens with zero attached hydrogens (tertiary/aromatic N) is 1. The van der Waals surface area contributed by atoms with Crippen molar-refractivity contribution in [2.75, 3.05) is 6.61 Å². The van der Waals surface area contributed by atoms with Gasteiger partial charge in [-0.05, 0) is 30.2 Å². The normalized spacial score (nSPS) is 12.8. The number of aromatic nitrogens is 1. The van der Waals surface area contributed by atoms with Gasteiger partial charge in [0.1, 0.15) is 0 Å². The quantitative estimate of drug-likeness (QED) is 0.880. The Balaban J connectivity index is 2.04. The number of rotatable bonds is 5. The summed E-state index contributed by atoms with van der Waals surface area (Å²) >= 11 is 1.88. The van der Waals surface area contributed by atoms with Crippen LogP contribution < -0.4 is 0 Å². The van der Waals surface area contributed by atoms with Crippen molar-refractivity contribution in [3.63, 3.8) is 0 Å². The number of aliphatic hydroxyl groups excluding tert-OH is 1. The molecular formula is C14H17NOS. The van der Waals surface area contributed by atoms with Gasteiger partial charge in [0.25, 0.3) is 0 Å². The van der Waals surface area contributed by atoms with Crippen LogP contribution in [0.2, 0.25) is 0 Å². The average molecular weight is 247 g/mol. The third-order valence-corrected chi connectivity index (χ3v) is 4.04. The van der Waals surface area contributed by atoms with Crippen LogP contribution in [-0.4, -0.2) is 21.9 Å². The van der Waals surface area contributed by atoms with Crippen LogP contribution in [0.4, 0.5) is 0 Å². The summed E-state index contributed by atoms with van der Waals surface area (Å²) in [6.45, 7) is 2.43. The van der Waals surface area contributed by atoms with Crippen LogP contribution in [0.25, 0.3) is 10.9 Å². The lowest BCUT2D eigenvalue weighted by Crippen LogP contribution is -1.99. The molecule has 90 valence electrons. The number of fused-ring (bicyclic) bond motifs is 1. The van der Waals surface area contributed by atoms with E-state index in [0.29, 0.717) is 5.25 Å². The summed E-state index contributed by atoms with van der Waals surface area (Å²) in [7, 11) is 0. The lowest BCUT2D eigenvalue weighted by molar-refractivity contribution is 0.289. The Hall–Kier alpha value is -1.06. The molecule has 1 atom stereocenters. The molecule has 0 aliphatic heterocycles. The fourth-order valence-corrected chi connectivity index (χ4v) is 2.65. The fourth-order valence-electron chi connectivity index (χ4n) is 1.72. The molecule has 0 amide bonds. The summed E-state index contributed by atoms with van der Waals surface area (Å²) in [4.78, 5) is 4.31. The summed E-state index contributed by atoms with van der Waals surface area (Å²) in [5, 5.41) is 10.6. The van der Waals surface area contributed by atoms with Gasteiger partial charge in [-0.2, -0.15) is 11.8 Å². The molecule has 0 spiro atoms. The van der Waals surface area contributed by atoms with Gasteiger partial charge < -0.3 is 5.11 Å². The number of aliphatic hydroxyl groups is 1. The van der Waals surface area contributed by atoms with Crippen molar-refractivity contribution >= 4 is 22.7 Å². The summed E-state index contributed by atoms with van der Waals surface area (Å²) in [6.07, 6.45) is 2.68. The molecule has 0 radical (unpaired) electrons. The molecule has 0 aliphatic carbocycles. The maximum atomic E-state index is 8.85. The molecule has 0 bridgehead atoms. The number of hydrogen-bond donors (Lipinski definition) is 1. The van der Waals surface area contributed by atoms with Crippen molar-refractivity contribution in [3.8, 4) is 0 Å². The topological polar surface area (TPSA) is 33.1 Å². The summed E-state index contributed by atoms with van der Waals surface area (Å²) in [5.41, 5.74) is 2.37. The molecule has 0 aliphatic rings. The maximum absolute atomic E-state index is 8.85. The highest BCUT2D eigenvalue weighted by Gasteiger charge is 2.03. The van der Waals surface area contributed by atoms with Crippen LogP contribution in [-0.2, 0) is 5.75 Å². The molecule has 2 aromatic rings. The van der Waals surface area contributed by atoms with Gasteiger partial charge in [-0.25, -0.2) is 0 Å². The van der Waals surface area contributed by atoms with Crippen LogP contribution in [0.15, 0.2) is 36.5 Å². The molecule has 0 saturated carbocycles. The second kappa shape index (κ2) is 6.03. The molecule has 1 unspecified atom stereocenters. The molecule has 2 rings (SSSR count). The van der Waals surface area contributed by atoms with Gasteiger partial charge >= 0.3 is 0 Å². The standard InChI is InChI=1S/C14H17NOS/c1-11(6-8-16)17-10-12-4-5-14-13(9-12)3-2-7-15-14/h2-5,7,9,11,16H,6,8,10H2,1H3. The van der Waals surface area contributed by atoms with Crippen molar-refractivity contribution in [1.82, 2.24) is 4.98 Å². The number of pyridine rings is 1. The highest BCUT2D eigenvalue weighted by atomic mass is 32.2. The van der Waals surface area contributed by atoms with Crippen molar-refractivity contribution < 1.29 is 5.11 Å². The van der Waals surface area contributed by atoms with E-state index in [0.717, 1.165) is 17.7 Å². The van der Waals surface area contributed by atoms with E-state index in [1.807, 2.05) is 24.0 Å². The first-order chi connectivity index (χ1) is 8.29. The third kappa shape index (κ3) is 3.45. The minimum atomic E-state index is 0.274. The van der Waals surface area contributed by atoms with E-state index < -0.39 is 0 Å². The zero-order valence-corrected chi connectivity index (χ0v) is 10.8. The smallest absolute Gasteiger partial charge is 0.0702 e. The van der Waals surface area contributed by atoms with E-state index in [9.17, 15) is 0 Å². The van der Waals surface area contributed by atoms with Gasteiger partial charge in [-0.3, -0.25) is 4.98 Å². The molecule has 0 saturated heterocycles. The van der Waals surface area contributed by atoms with Gasteiger partial charge in [0.2, 0.25) is 0 Å². The Kier molecular flexibility index (Phi) is 4.40. The number of thioether (sulfide) groups is 1. The first-order valence-electron chi connectivity index (χ1n) is 5.85. The first kappa shape index (κ1) is 12.4. The highest BCUT2D eigenvalue weighted by molar-refractivity contribution is 7.99. The Morgan fingerprint density at radius 2 is 2.24 bits per heavy atom. The number of hydrogen-bond acceptors (Lipinski definition) is 3. The van der Waals surface area contributed by atoms with Crippen LogP contribution in [0, 0.1) is 0 Å². The van der Waals surface area contributed by atoms with Crippen LogP contribution in [0.3, 0.4) is 0 Å². The monoisotopic (exact) mass is 247 g/mol. The summed E-state index contributed by atoms with van der Waals surface area (Å²) in [5.74, 6) is 0.992. The molecule has 1 aromatic heterocycles.